The monoisotopic (exact) mass is 534 g/mol. The Labute approximate surface area is 221 Å². The molecule has 0 unspecified atom stereocenters. The van der Waals surface area contributed by atoms with E-state index in [1.165, 1.54) is 0 Å². The smallest absolute Gasteiger partial charge is 0.215 e. The van der Waals surface area contributed by atoms with Crippen LogP contribution in [-0.4, -0.2) is 51.2 Å². The summed E-state index contributed by atoms with van der Waals surface area (Å²) in [6.07, 6.45) is 0. The Morgan fingerprint density at radius 1 is 0.853 bits per heavy atom. The van der Waals surface area contributed by atoms with E-state index in [9.17, 15) is 0 Å². The molecule has 0 spiro atoms. The van der Waals surface area contributed by atoms with Crippen molar-refractivity contribution in [3.63, 3.8) is 0 Å². The third kappa shape index (κ3) is 5.68. The SMILES string of the molecule is CCN(CC)C(=Nc1ccc(Cl)cc1)n1c(=S)nc(N(CC)CC)n(-c2ccc(Cl)cc2)c1=S. The van der Waals surface area contributed by atoms with Crippen molar-refractivity contribution in [1.29, 1.82) is 0 Å². The first-order valence-corrected chi connectivity index (χ1v) is 12.8. The van der Waals surface area contributed by atoms with Crippen LogP contribution >= 0.6 is 47.6 Å². The average molecular weight is 536 g/mol. The number of anilines is 1. The summed E-state index contributed by atoms with van der Waals surface area (Å²) in [4.78, 5) is 14.0. The first-order valence-electron chi connectivity index (χ1n) is 11.2. The maximum atomic E-state index is 6.16. The largest absolute Gasteiger partial charge is 0.342 e. The molecular formula is C24H28Cl2N6S2. The van der Waals surface area contributed by atoms with E-state index in [1.54, 1.807) is 4.57 Å². The molecule has 0 radical (unpaired) electrons. The Morgan fingerprint density at radius 3 is 1.88 bits per heavy atom. The molecule has 10 heteroatoms. The second kappa shape index (κ2) is 11.9. The Kier molecular flexibility index (Phi) is 9.24. The Hall–Kier alpha value is -2.26. The molecule has 0 amide bonds. The van der Waals surface area contributed by atoms with Crippen molar-refractivity contribution in [3.8, 4) is 5.69 Å². The van der Waals surface area contributed by atoms with Crippen LogP contribution < -0.4 is 4.90 Å². The number of benzene rings is 2. The van der Waals surface area contributed by atoms with E-state index in [0.717, 1.165) is 37.6 Å². The molecule has 0 saturated heterocycles. The van der Waals surface area contributed by atoms with E-state index in [4.69, 9.17) is 57.6 Å². The highest BCUT2D eigenvalue weighted by Crippen LogP contribution is 2.23. The fourth-order valence-electron chi connectivity index (χ4n) is 3.56. The lowest BCUT2D eigenvalue weighted by molar-refractivity contribution is 0.446. The maximum Gasteiger partial charge on any atom is 0.215 e. The molecule has 2 aromatic carbocycles. The van der Waals surface area contributed by atoms with Gasteiger partial charge in [-0.3, -0.25) is 4.57 Å². The number of aromatic nitrogens is 3. The van der Waals surface area contributed by atoms with Crippen LogP contribution in [-0.2, 0) is 0 Å². The van der Waals surface area contributed by atoms with Crippen molar-refractivity contribution >= 4 is 65.2 Å². The van der Waals surface area contributed by atoms with Gasteiger partial charge in [0.2, 0.25) is 16.7 Å². The minimum absolute atomic E-state index is 0.344. The number of hydrogen-bond acceptors (Lipinski definition) is 5. The number of hydrogen-bond donors (Lipinski definition) is 0. The van der Waals surface area contributed by atoms with Gasteiger partial charge < -0.3 is 9.80 Å². The van der Waals surface area contributed by atoms with E-state index in [1.807, 2.05) is 53.1 Å². The van der Waals surface area contributed by atoms with Gasteiger partial charge in [0, 0.05) is 36.2 Å². The lowest BCUT2D eigenvalue weighted by atomic mass is 10.3. The Bertz CT molecular complexity index is 1260. The summed E-state index contributed by atoms with van der Waals surface area (Å²) in [6, 6.07) is 14.9. The molecule has 0 N–H and O–H groups in total. The van der Waals surface area contributed by atoms with E-state index >= 15 is 0 Å². The summed E-state index contributed by atoms with van der Waals surface area (Å²) in [5.74, 6) is 1.30. The molecule has 6 nitrogen and oxygen atoms in total. The quantitative estimate of drug-likeness (QED) is 0.182. The van der Waals surface area contributed by atoms with Gasteiger partial charge >= 0.3 is 0 Å². The minimum atomic E-state index is 0.344. The van der Waals surface area contributed by atoms with Gasteiger partial charge in [-0.25, -0.2) is 9.56 Å². The minimum Gasteiger partial charge on any atom is -0.342 e. The van der Waals surface area contributed by atoms with Gasteiger partial charge in [-0.05, 0) is 101 Å². The summed E-state index contributed by atoms with van der Waals surface area (Å²) in [5.41, 5.74) is 1.59. The van der Waals surface area contributed by atoms with Gasteiger partial charge in [0.05, 0.1) is 11.4 Å². The molecule has 180 valence electrons. The third-order valence-electron chi connectivity index (χ3n) is 5.40. The van der Waals surface area contributed by atoms with Crippen molar-refractivity contribution < 1.29 is 0 Å². The zero-order valence-corrected chi connectivity index (χ0v) is 22.8. The lowest BCUT2D eigenvalue weighted by Gasteiger charge is -2.28. The number of aliphatic imine (C=N–C) groups is 1. The zero-order chi connectivity index (χ0) is 24.8. The van der Waals surface area contributed by atoms with Crippen LogP contribution in [0.3, 0.4) is 0 Å². The standard InChI is InChI=1S/C24H28Cl2N6S2/c1-5-29(6-2)21(27-19-13-9-17(25)10-14-19)32-23(33)28-22(30(7-3)8-4)31(24(32)34)20-15-11-18(26)12-16-20/h9-16H,5-8H2,1-4H3. The first kappa shape index (κ1) is 26.3. The van der Waals surface area contributed by atoms with Crippen molar-refractivity contribution in [3.05, 3.63) is 68.1 Å². The summed E-state index contributed by atoms with van der Waals surface area (Å²) in [6.45, 7) is 11.2. The normalized spacial score (nSPS) is 11.5. The predicted octanol–water partition coefficient (Wildman–Crippen LogP) is 7.16. The van der Waals surface area contributed by atoms with Crippen molar-refractivity contribution in [2.45, 2.75) is 27.7 Å². The molecule has 0 aliphatic carbocycles. The van der Waals surface area contributed by atoms with Crippen LogP contribution in [0.1, 0.15) is 27.7 Å². The van der Waals surface area contributed by atoms with Crippen molar-refractivity contribution in [1.82, 2.24) is 19.0 Å². The van der Waals surface area contributed by atoms with Crippen LogP contribution in [0, 0.1) is 9.54 Å². The van der Waals surface area contributed by atoms with Gasteiger partial charge in [0.25, 0.3) is 0 Å². The Balaban J connectivity index is 2.37. The van der Waals surface area contributed by atoms with Crippen LogP contribution in [0.15, 0.2) is 53.5 Å². The maximum absolute atomic E-state index is 6.16. The molecule has 0 fully saturated rings. The highest BCUT2D eigenvalue weighted by atomic mass is 35.5. The molecule has 34 heavy (non-hydrogen) atoms. The molecule has 0 aliphatic heterocycles. The molecule has 1 aromatic heterocycles. The number of halogens is 2. The number of nitrogens with zero attached hydrogens (tertiary/aromatic N) is 6. The second-order valence-corrected chi connectivity index (χ2v) is 8.96. The first-order chi connectivity index (χ1) is 16.3. The van der Waals surface area contributed by atoms with Gasteiger partial charge in [-0.2, -0.15) is 4.98 Å². The third-order valence-corrected chi connectivity index (χ3v) is 6.55. The molecule has 3 aromatic rings. The van der Waals surface area contributed by atoms with Crippen molar-refractivity contribution in [2.75, 3.05) is 31.1 Å². The highest BCUT2D eigenvalue weighted by molar-refractivity contribution is 7.72. The fourth-order valence-corrected chi connectivity index (χ4v) is 4.47. The summed E-state index contributed by atoms with van der Waals surface area (Å²) in [5, 5.41) is 1.29. The molecule has 1 heterocycles. The Morgan fingerprint density at radius 2 is 1.38 bits per heavy atom. The summed E-state index contributed by atoms with van der Waals surface area (Å²) in [7, 11) is 0. The fraction of sp³-hybridized carbons (Fsp3) is 0.333. The van der Waals surface area contributed by atoms with Crippen LogP contribution in [0.2, 0.25) is 10.0 Å². The zero-order valence-electron chi connectivity index (χ0n) is 19.7. The van der Waals surface area contributed by atoms with E-state index in [-0.39, 0.29) is 0 Å². The van der Waals surface area contributed by atoms with Crippen LogP contribution in [0.4, 0.5) is 11.6 Å². The average Bonchev–Trinajstić information content (AvgIpc) is 2.83. The molecular weight excluding hydrogens is 507 g/mol. The van der Waals surface area contributed by atoms with Crippen LogP contribution in [0.5, 0.6) is 0 Å². The number of rotatable bonds is 7. The molecule has 0 atom stereocenters. The van der Waals surface area contributed by atoms with Crippen LogP contribution in [0.25, 0.3) is 5.69 Å². The van der Waals surface area contributed by atoms with Crippen molar-refractivity contribution in [2.24, 2.45) is 4.99 Å². The van der Waals surface area contributed by atoms with Gasteiger partial charge in [-0.1, -0.05) is 23.2 Å². The van der Waals surface area contributed by atoms with E-state index in [0.29, 0.717) is 31.5 Å². The van der Waals surface area contributed by atoms with Gasteiger partial charge in [-0.15, -0.1) is 0 Å². The summed E-state index contributed by atoms with van der Waals surface area (Å²) >= 11 is 24.1. The molecule has 0 saturated carbocycles. The second-order valence-electron chi connectivity index (χ2n) is 7.36. The van der Waals surface area contributed by atoms with E-state index < -0.39 is 0 Å². The molecule has 0 aliphatic rings. The molecule has 0 bridgehead atoms. The molecule has 3 rings (SSSR count). The highest BCUT2D eigenvalue weighted by Gasteiger charge is 2.20. The predicted molar refractivity (Wildman–Crippen MR) is 149 cm³/mol. The van der Waals surface area contributed by atoms with Gasteiger partial charge in [0.1, 0.15) is 0 Å². The topological polar surface area (TPSA) is 41.6 Å². The van der Waals surface area contributed by atoms with E-state index in [2.05, 4.69) is 37.5 Å². The summed E-state index contributed by atoms with van der Waals surface area (Å²) < 4.78 is 4.50. The lowest BCUT2D eigenvalue weighted by Crippen LogP contribution is -2.38. The van der Waals surface area contributed by atoms with Gasteiger partial charge in [0.15, 0.2) is 4.77 Å².